The summed E-state index contributed by atoms with van der Waals surface area (Å²) >= 11 is 0. The third-order valence-corrected chi connectivity index (χ3v) is 8.04. The van der Waals surface area contributed by atoms with Gasteiger partial charge in [-0.3, -0.25) is 14.6 Å². The molecule has 2 aliphatic rings. The van der Waals surface area contributed by atoms with E-state index >= 15 is 0 Å². The molecule has 1 atom stereocenters. The molecule has 2 aromatic carbocycles. The maximum atomic E-state index is 14.1. The molecule has 0 spiro atoms. The van der Waals surface area contributed by atoms with E-state index in [1.165, 1.54) is 32.1 Å². The lowest BCUT2D eigenvalue weighted by Crippen LogP contribution is -2.34. The summed E-state index contributed by atoms with van der Waals surface area (Å²) in [6.45, 7) is 4.11. The molecular weight excluding hydrogens is 442 g/mol. The number of hydrogen-bond donors (Lipinski definition) is 0. The van der Waals surface area contributed by atoms with Gasteiger partial charge in [-0.25, -0.2) is 0 Å². The average Bonchev–Trinajstić information content (AvgIpc) is 2.92. The van der Waals surface area contributed by atoms with E-state index < -0.39 is 0 Å². The van der Waals surface area contributed by atoms with Gasteiger partial charge in [-0.2, -0.15) is 0 Å². The quantitative estimate of drug-likeness (QED) is 0.323. The van der Waals surface area contributed by atoms with E-state index in [1.807, 2.05) is 43.3 Å². The molecule has 0 radical (unpaired) electrons. The Kier molecular flexibility index (Phi) is 9.44. The number of hydrogen-bond acceptors (Lipinski definition) is 3. The first-order valence-electron chi connectivity index (χ1n) is 14.0. The fraction of sp³-hybridized carbons (Fsp3) is 0.485. The summed E-state index contributed by atoms with van der Waals surface area (Å²) in [5.74, 6) is 0.837. The van der Waals surface area contributed by atoms with Gasteiger partial charge in [-0.15, -0.1) is 0 Å². The second-order valence-electron chi connectivity index (χ2n) is 10.7. The molecule has 4 rings (SSSR count). The van der Waals surface area contributed by atoms with Gasteiger partial charge in [0.15, 0.2) is 5.78 Å². The molecule has 1 heterocycles. The Morgan fingerprint density at radius 1 is 0.889 bits per heavy atom. The Labute approximate surface area is 217 Å². The van der Waals surface area contributed by atoms with Crippen molar-refractivity contribution in [1.29, 1.82) is 0 Å². The Morgan fingerprint density at radius 2 is 1.50 bits per heavy atom. The maximum Gasteiger partial charge on any atom is 0.170 e. The van der Waals surface area contributed by atoms with Crippen LogP contribution in [0, 0.1) is 11.8 Å². The fourth-order valence-corrected chi connectivity index (χ4v) is 6.11. The fourth-order valence-electron chi connectivity index (χ4n) is 6.11. The van der Waals surface area contributed by atoms with Crippen LogP contribution in [0.5, 0.6) is 0 Å². The molecule has 0 saturated heterocycles. The topological polar surface area (TPSA) is 46.5 Å². The van der Waals surface area contributed by atoms with E-state index in [0.717, 1.165) is 46.9 Å². The average molecular weight is 484 g/mol. The van der Waals surface area contributed by atoms with E-state index in [0.29, 0.717) is 31.5 Å². The number of rotatable bonds is 11. The van der Waals surface area contributed by atoms with Crippen LogP contribution in [0.3, 0.4) is 0 Å². The van der Waals surface area contributed by atoms with Gasteiger partial charge in [-0.1, -0.05) is 106 Å². The molecule has 1 unspecified atom stereocenters. The van der Waals surface area contributed by atoms with Gasteiger partial charge in [0.2, 0.25) is 0 Å². The van der Waals surface area contributed by atoms with E-state index in [1.54, 1.807) is 0 Å². The molecule has 1 aliphatic carbocycles. The molecule has 2 aromatic rings. The Bertz CT molecular complexity index is 1040. The molecule has 36 heavy (non-hydrogen) atoms. The van der Waals surface area contributed by atoms with Gasteiger partial charge in [0.25, 0.3) is 0 Å². The third kappa shape index (κ3) is 6.49. The molecular formula is C33H41NO2. The zero-order valence-corrected chi connectivity index (χ0v) is 22.0. The highest BCUT2D eigenvalue weighted by atomic mass is 16.1. The molecule has 0 bridgehead atoms. The second-order valence-corrected chi connectivity index (χ2v) is 10.7. The number of nitrogens with zero attached hydrogens (tertiary/aromatic N) is 1. The molecule has 0 N–H and O–H groups in total. The summed E-state index contributed by atoms with van der Waals surface area (Å²) in [6, 6.07) is 20.6. The van der Waals surface area contributed by atoms with E-state index in [9.17, 15) is 9.59 Å². The molecule has 3 nitrogen and oxygen atoms in total. The van der Waals surface area contributed by atoms with E-state index in [4.69, 9.17) is 4.99 Å². The first-order valence-corrected chi connectivity index (χ1v) is 14.0. The monoisotopic (exact) mass is 483 g/mol. The molecule has 1 fully saturated rings. The Hall–Kier alpha value is -2.81. The molecule has 0 aromatic heterocycles. The van der Waals surface area contributed by atoms with Crippen LogP contribution in [0.15, 0.2) is 76.9 Å². The lowest BCUT2D eigenvalue weighted by atomic mass is 9.73. The van der Waals surface area contributed by atoms with Crippen LogP contribution >= 0.6 is 0 Å². The van der Waals surface area contributed by atoms with Crippen molar-refractivity contribution in [2.45, 2.75) is 90.4 Å². The number of allylic oxidation sites excluding steroid dienone is 2. The number of benzene rings is 2. The van der Waals surface area contributed by atoms with Crippen molar-refractivity contribution >= 4 is 17.3 Å². The van der Waals surface area contributed by atoms with Gasteiger partial charge in [0.05, 0.1) is 5.92 Å². The molecule has 1 aliphatic heterocycles. The normalized spacial score (nSPS) is 19.0. The largest absolute Gasteiger partial charge is 0.300 e. The highest BCUT2D eigenvalue weighted by Gasteiger charge is 2.38. The second kappa shape index (κ2) is 12.9. The number of Topliss-reactive ketones (excluding diaryl/α,β-unsaturated/α-hetero) is 2. The highest BCUT2D eigenvalue weighted by molar-refractivity contribution is 6.15. The van der Waals surface area contributed by atoms with Crippen molar-refractivity contribution in [3.8, 4) is 0 Å². The van der Waals surface area contributed by atoms with Crippen LogP contribution < -0.4 is 0 Å². The lowest BCUT2D eigenvalue weighted by Gasteiger charge is -2.31. The standard InChI is InChI=1S/C33H41NO2/c1-3-13-29-30(23-22-28(35)21-20-25-14-7-4-8-15-25)34-24(2)31(33(29)36)32(26-16-9-5-10-17-26)27-18-11-6-12-19-27/h5-6,9-12,16-19,25,31-32H,3-4,7-8,13-15,20-23H2,1-2H3. The molecule has 3 heteroatoms. The molecule has 0 amide bonds. The minimum atomic E-state index is -0.317. The van der Waals surface area contributed by atoms with Gasteiger partial charge in [0, 0.05) is 35.7 Å². The highest BCUT2D eigenvalue weighted by Crippen LogP contribution is 2.39. The van der Waals surface area contributed by atoms with Crippen LogP contribution in [0.4, 0.5) is 0 Å². The Morgan fingerprint density at radius 3 is 2.08 bits per heavy atom. The van der Waals surface area contributed by atoms with E-state index in [2.05, 4.69) is 31.2 Å². The summed E-state index contributed by atoms with van der Waals surface area (Å²) in [6.07, 6.45) is 10.9. The van der Waals surface area contributed by atoms with Crippen molar-refractivity contribution in [2.75, 3.05) is 0 Å². The van der Waals surface area contributed by atoms with Gasteiger partial charge < -0.3 is 0 Å². The SMILES string of the molecule is CCCC1=C(CCC(=O)CCC2CCCCC2)N=C(C)C(C(c2ccccc2)c2ccccc2)C1=O. The lowest BCUT2D eigenvalue weighted by molar-refractivity contribution is -0.120. The van der Waals surface area contributed by atoms with Gasteiger partial charge in [0.1, 0.15) is 5.78 Å². The maximum absolute atomic E-state index is 14.1. The van der Waals surface area contributed by atoms with Gasteiger partial charge in [-0.05, 0) is 43.2 Å². The summed E-state index contributed by atoms with van der Waals surface area (Å²) in [5.41, 5.74) is 4.82. The summed E-state index contributed by atoms with van der Waals surface area (Å²) in [7, 11) is 0. The number of carbonyl (C=O) groups is 2. The summed E-state index contributed by atoms with van der Waals surface area (Å²) in [4.78, 5) is 31.9. The predicted molar refractivity (Wildman–Crippen MR) is 148 cm³/mol. The molecule has 1 saturated carbocycles. The van der Waals surface area contributed by atoms with Crippen LogP contribution in [0.25, 0.3) is 0 Å². The minimum Gasteiger partial charge on any atom is -0.300 e. The van der Waals surface area contributed by atoms with E-state index in [-0.39, 0.29) is 17.6 Å². The first-order chi connectivity index (χ1) is 17.6. The number of carbonyl (C=O) groups excluding carboxylic acids is 2. The van der Waals surface area contributed by atoms with Crippen LogP contribution in [-0.4, -0.2) is 17.3 Å². The smallest absolute Gasteiger partial charge is 0.170 e. The van der Waals surface area contributed by atoms with Crippen molar-refractivity contribution in [3.05, 3.63) is 83.1 Å². The van der Waals surface area contributed by atoms with Crippen molar-refractivity contribution in [3.63, 3.8) is 0 Å². The van der Waals surface area contributed by atoms with Gasteiger partial charge >= 0.3 is 0 Å². The van der Waals surface area contributed by atoms with Crippen LogP contribution in [-0.2, 0) is 9.59 Å². The first kappa shape index (κ1) is 26.3. The van der Waals surface area contributed by atoms with Crippen molar-refractivity contribution in [1.82, 2.24) is 0 Å². The summed E-state index contributed by atoms with van der Waals surface area (Å²) in [5, 5.41) is 0. The third-order valence-electron chi connectivity index (χ3n) is 8.04. The minimum absolute atomic E-state index is 0.0748. The number of ketones is 2. The van der Waals surface area contributed by atoms with Crippen molar-refractivity contribution < 1.29 is 9.59 Å². The molecule has 190 valence electrons. The van der Waals surface area contributed by atoms with Crippen molar-refractivity contribution in [2.24, 2.45) is 16.8 Å². The number of aliphatic imine (C=N–C) groups is 1. The zero-order chi connectivity index (χ0) is 25.3. The van der Waals surface area contributed by atoms with Crippen LogP contribution in [0.1, 0.15) is 102 Å². The predicted octanol–water partition coefficient (Wildman–Crippen LogP) is 8.24. The van der Waals surface area contributed by atoms with Crippen LogP contribution in [0.2, 0.25) is 0 Å². The summed E-state index contributed by atoms with van der Waals surface area (Å²) < 4.78 is 0. The Balaban J connectivity index is 1.53. The zero-order valence-electron chi connectivity index (χ0n) is 22.0.